The summed E-state index contributed by atoms with van der Waals surface area (Å²) in [5, 5.41) is 7.01. The molecular weight excluding hydrogens is 316 g/mol. The van der Waals surface area contributed by atoms with E-state index in [1.807, 2.05) is 37.3 Å². The van der Waals surface area contributed by atoms with Crippen LogP contribution in [0.5, 0.6) is 0 Å². The molecule has 1 fully saturated rings. The van der Waals surface area contributed by atoms with E-state index in [9.17, 15) is 4.79 Å². The number of nitrogens with one attached hydrogen (secondary N) is 1. The molecular formula is C19H26N4O2. The molecule has 134 valence electrons. The lowest BCUT2D eigenvalue weighted by Gasteiger charge is -2.17. The lowest BCUT2D eigenvalue weighted by molar-refractivity contribution is -0.122. The molecule has 3 rings (SSSR count). The number of carbonyl (C=O) groups excluding carboxylic acids is 1. The smallest absolute Gasteiger partial charge is 0.248 e. The van der Waals surface area contributed by atoms with Crippen LogP contribution in [0.4, 0.5) is 0 Å². The van der Waals surface area contributed by atoms with E-state index in [1.165, 1.54) is 19.3 Å². The van der Waals surface area contributed by atoms with E-state index >= 15 is 0 Å². The lowest BCUT2D eigenvalue weighted by atomic mass is 9.89. The van der Waals surface area contributed by atoms with E-state index in [4.69, 9.17) is 10.3 Å². The summed E-state index contributed by atoms with van der Waals surface area (Å²) in [5.74, 6) is 1.50. The van der Waals surface area contributed by atoms with Gasteiger partial charge in [-0.05, 0) is 25.3 Å². The third-order valence-corrected chi connectivity index (χ3v) is 4.81. The van der Waals surface area contributed by atoms with Crippen LogP contribution in [-0.4, -0.2) is 16.0 Å². The topological polar surface area (TPSA) is 94.0 Å². The van der Waals surface area contributed by atoms with Crippen molar-refractivity contribution in [3.05, 3.63) is 47.6 Å². The molecule has 1 aromatic heterocycles. The van der Waals surface area contributed by atoms with E-state index < -0.39 is 0 Å². The van der Waals surface area contributed by atoms with Crippen molar-refractivity contribution in [2.45, 2.75) is 63.5 Å². The van der Waals surface area contributed by atoms with Gasteiger partial charge in [-0.1, -0.05) is 54.8 Å². The fourth-order valence-corrected chi connectivity index (χ4v) is 3.33. The van der Waals surface area contributed by atoms with Crippen molar-refractivity contribution in [1.29, 1.82) is 0 Å². The number of amides is 1. The highest BCUT2D eigenvalue weighted by molar-refractivity contribution is 5.77. The summed E-state index contributed by atoms with van der Waals surface area (Å²) in [6.07, 6.45) is 6.18. The zero-order valence-electron chi connectivity index (χ0n) is 14.6. The number of carbonyl (C=O) groups is 1. The van der Waals surface area contributed by atoms with Crippen molar-refractivity contribution in [3.8, 4) is 0 Å². The van der Waals surface area contributed by atoms with E-state index in [1.54, 1.807) is 0 Å². The zero-order chi connectivity index (χ0) is 17.6. The number of hydrogen-bond donors (Lipinski definition) is 2. The van der Waals surface area contributed by atoms with E-state index in [0.717, 1.165) is 24.2 Å². The van der Waals surface area contributed by atoms with Gasteiger partial charge in [-0.2, -0.15) is 4.98 Å². The predicted octanol–water partition coefficient (Wildman–Crippen LogP) is 3.38. The number of aromatic nitrogens is 2. The minimum atomic E-state index is -0.325. The largest absolute Gasteiger partial charge is 0.345 e. The van der Waals surface area contributed by atoms with Gasteiger partial charge in [0.1, 0.15) is 6.04 Å². The summed E-state index contributed by atoms with van der Waals surface area (Å²) in [5.41, 5.74) is 7.05. The summed E-state index contributed by atoms with van der Waals surface area (Å²) in [4.78, 5) is 16.7. The normalized spacial score (nSPS) is 17.8. The van der Waals surface area contributed by atoms with Crippen LogP contribution in [-0.2, 0) is 4.79 Å². The molecule has 0 saturated heterocycles. The molecule has 1 aromatic carbocycles. The number of rotatable bonds is 6. The summed E-state index contributed by atoms with van der Waals surface area (Å²) < 4.78 is 5.36. The Bertz CT molecular complexity index is 680. The van der Waals surface area contributed by atoms with Gasteiger partial charge >= 0.3 is 0 Å². The quantitative estimate of drug-likeness (QED) is 0.839. The Hall–Kier alpha value is -2.21. The van der Waals surface area contributed by atoms with Gasteiger partial charge in [-0.25, -0.2) is 0 Å². The second-order valence-electron chi connectivity index (χ2n) is 6.84. The number of nitrogens with zero attached hydrogens (tertiary/aromatic N) is 2. The van der Waals surface area contributed by atoms with Crippen LogP contribution in [0.1, 0.15) is 80.7 Å². The number of nitrogens with two attached hydrogens (primary N) is 1. The van der Waals surface area contributed by atoms with Crippen LogP contribution in [0.2, 0.25) is 0 Å². The van der Waals surface area contributed by atoms with Gasteiger partial charge in [0.15, 0.2) is 5.82 Å². The van der Waals surface area contributed by atoms with Crippen molar-refractivity contribution >= 4 is 5.91 Å². The molecule has 6 heteroatoms. The Labute approximate surface area is 148 Å². The molecule has 6 nitrogen and oxygen atoms in total. The molecule has 1 aliphatic rings. The second kappa shape index (κ2) is 8.25. The summed E-state index contributed by atoms with van der Waals surface area (Å²) in [6, 6.07) is 8.97. The fraction of sp³-hybridized carbons (Fsp3) is 0.526. The SMILES string of the molecule is CC(NC(=O)CC(N)c1ccccc1)c1nc(C2CCCCC2)no1. The highest BCUT2D eigenvalue weighted by atomic mass is 16.5. The minimum Gasteiger partial charge on any atom is -0.345 e. The first kappa shape index (κ1) is 17.6. The highest BCUT2D eigenvalue weighted by Gasteiger charge is 2.23. The monoisotopic (exact) mass is 342 g/mol. The van der Waals surface area contributed by atoms with Gasteiger partial charge < -0.3 is 15.6 Å². The van der Waals surface area contributed by atoms with Gasteiger partial charge in [-0.3, -0.25) is 4.79 Å². The van der Waals surface area contributed by atoms with Gasteiger partial charge in [-0.15, -0.1) is 0 Å². The van der Waals surface area contributed by atoms with Crippen LogP contribution in [0.3, 0.4) is 0 Å². The van der Waals surface area contributed by atoms with E-state index in [0.29, 0.717) is 11.8 Å². The van der Waals surface area contributed by atoms with Gasteiger partial charge in [0.25, 0.3) is 0 Å². The molecule has 1 amide bonds. The lowest BCUT2D eigenvalue weighted by Crippen LogP contribution is -2.30. The van der Waals surface area contributed by atoms with Crippen molar-refractivity contribution < 1.29 is 9.32 Å². The zero-order valence-corrected chi connectivity index (χ0v) is 14.6. The van der Waals surface area contributed by atoms with Crippen LogP contribution in [0.25, 0.3) is 0 Å². The standard InChI is InChI=1S/C19H26N4O2/c1-13(19-22-18(23-25-19)15-10-6-3-7-11-15)21-17(24)12-16(20)14-8-4-2-5-9-14/h2,4-5,8-9,13,15-16H,3,6-7,10-12,20H2,1H3,(H,21,24). The summed E-state index contributed by atoms with van der Waals surface area (Å²) >= 11 is 0. The van der Waals surface area contributed by atoms with Crippen molar-refractivity contribution in [2.75, 3.05) is 0 Å². The number of benzene rings is 1. The van der Waals surface area contributed by atoms with E-state index in [2.05, 4.69) is 15.5 Å². The van der Waals surface area contributed by atoms with Crippen LogP contribution in [0, 0.1) is 0 Å². The Kier molecular flexibility index (Phi) is 5.81. The second-order valence-corrected chi connectivity index (χ2v) is 6.84. The first-order chi connectivity index (χ1) is 12.1. The van der Waals surface area contributed by atoms with Crippen LogP contribution < -0.4 is 11.1 Å². The Balaban J connectivity index is 1.54. The van der Waals surface area contributed by atoms with Crippen molar-refractivity contribution in [1.82, 2.24) is 15.5 Å². The van der Waals surface area contributed by atoms with Crippen LogP contribution in [0.15, 0.2) is 34.9 Å². The van der Waals surface area contributed by atoms with E-state index in [-0.39, 0.29) is 24.4 Å². The molecule has 1 saturated carbocycles. The average molecular weight is 342 g/mol. The van der Waals surface area contributed by atoms with Gasteiger partial charge in [0.05, 0.1) is 0 Å². The molecule has 0 bridgehead atoms. The molecule has 25 heavy (non-hydrogen) atoms. The van der Waals surface area contributed by atoms with Gasteiger partial charge in [0.2, 0.25) is 11.8 Å². The van der Waals surface area contributed by atoms with Crippen molar-refractivity contribution in [2.24, 2.45) is 5.73 Å². The molecule has 0 spiro atoms. The Morgan fingerprint density at radius 1 is 1.28 bits per heavy atom. The fourth-order valence-electron chi connectivity index (χ4n) is 3.33. The predicted molar refractivity (Wildman–Crippen MR) is 94.7 cm³/mol. The molecule has 3 N–H and O–H groups in total. The summed E-state index contributed by atoms with van der Waals surface area (Å²) in [7, 11) is 0. The third-order valence-electron chi connectivity index (χ3n) is 4.81. The Morgan fingerprint density at radius 2 is 2.00 bits per heavy atom. The summed E-state index contributed by atoms with van der Waals surface area (Å²) in [6.45, 7) is 1.85. The third kappa shape index (κ3) is 4.66. The maximum atomic E-state index is 12.2. The molecule has 1 aliphatic carbocycles. The average Bonchev–Trinajstić information content (AvgIpc) is 3.13. The van der Waals surface area contributed by atoms with Crippen molar-refractivity contribution in [3.63, 3.8) is 0 Å². The molecule has 0 radical (unpaired) electrons. The van der Waals surface area contributed by atoms with Gasteiger partial charge in [0, 0.05) is 18.4 Å². The Morgan fingerprint density at radius 3 is 2.72 bits per heavy atom. The first-order valence-corrected chi connectivity index (χ1v) is 9.07. The highest BCUT2D eigenvalue weighted by Crippen LogP contribution is 2.31. The molecule has 2 unspecified atom stereocenters. The molecule has 0 aliphatic heterocycles. The maximum Gasteiger partial charge on any atom is 0.248 e. The molecule has 2 atom stereocenters. The first-order valence-electron chi connectivity index (χ1n) is 9.07. The number of hydrogen-bond acceptors (Lipinski definition) is 5. The molecule has 1 heterocycles. The molecule has 2 aromatic rings. The van der Waals surface area contributed by atoms with Crippen LogP contribution >= 0.6 is 0 Å². The minimum absolute atomic E-state index is 0.124. The maximum absolute atomic E-state index is 12.2.